The topological polar surface area (TPSA) is 18.5 Å². The van der Waals surface area contributed by atoms with Crippen LogP contribution in [-0.2, 0) is 0 Å². The lowest BCUT2D eigenvalue weighted by Crippen LogP contribution is -2.02. The van der Waals surface area contributed by atoms with E-state index < -0.39 is 0 Å². The lowest BCUT2D eigenvalue weighted by Gasteiger charge is -2.12. The lowest BCUT2D eigenvalue weighted by atomic mass is 10.3. The van der Waals surface area contributed by atoms with E-state index in [2.05, 4.69) is 0 Å². The SMILES string of the molecule is ClC(Cl)=CCCCOc1ccccc1OCCCC=C(Cl)Cl. The summed E-state index contributed by atoms with van der Waals surface area (Å²) in [5.74, 6) is 1.46. The average molecular weight is 384 g/mol. The Balaban J connectivity index is 2.35. The van der Waals surface area contributed by atoms with Crippen LogP contribution in [0.25, 0.3) is 0 Å². The van der Waals surface area contributed by atoms with Gasteiger partial charge in [0.1, 0.15) is 8.98 Å². The maximum Gasteiger partial charge on any atom is 0.161 e. The smallest absolute Gasteiger partial charge is 0.161 e. The second-order valence-electron chi connectivity index (χ2n) is 4.42. The minimum Gasteiger partial charge on any atom is -0.490 e. The molecule has 0 amide bonds. The molecule has 0 heterocycles. The van der Waals surface area contributed by atoms with Gasteiger partial charge in [0.05, 0.1) is 13.2 Å². The molecule has 122 valence electrons. The van der Waals surface area contributed by atoms with Crippen molar-refractivity contribution >= 4 is 46.4 Å². The quantitative estimate of drug-likeness (QED) is 0.421. The van der Waals surface area contributed by atoms with Gasteiger partial charge in [0.25, 0.3) is 0 Å². The molecule has 0 atom stereocenters. The van der Waals surface area contributed by atoms with Crippen molar-refractivity contribution in [3.63, 3.8) is 0 Å². The number of hydrogen-bond donors (Lipinski definition) is 0. The molecule has 1 aromatic rings. The minimum absolute atomic E-state index is 0.287. The summed E-state index contributed by atoms with van der Waals surface area (Å²) >= 11 is 22.2. The molecule has 0 saturated heterocycles. The zero-order valence-electron chi connectivity index (χ0n) is 12.0. The highest BCUT2D eigenvalue weighted by atomic mass is 35.5. The fourth-order valence-corrected chi connectivity index (χ4v) is 2.08. The van der Waals surface area contributed by atoms with E-state index in [4.69, 9.17) is 55.9 Å². The number of rotatable bonds is 10. The first-order valence-corrected chi connectivity index (χ1v) is 8.47. The predicted molar refractivity (Wildman–Crippen MR) is 95.5 cm³/mol. The van der Waals surface area contributed by atoms with Crippen molar-refractivity contribution in [2.75, 3.05) is 13.2 Å². The highest BCUT2D eigenvalue weighted by molar-refractivity contribution is 6.56. The molecule has 1 rings (SSSR count). The van der Waals surface area contributed by atoms with E-state index in [0.717, 1.165) is 37.2 Å². The molecule has 0 saturated carbocycles. The summed E-state index contributed by atoms with van der Waals surface area (Å²) in [7, 11) is 0. The van der Waals surface area contributed by atoms with Gasteiger partial charge in [-0.3, -0.25) is 0 Å². The summed E-state index contributed by atoms with van der Waals surface area (Å²) < 4.78 is 12.0. The fourth-order valence-electron chi connectivity index (χ4n) is 1.64. The zero-order chi connectivity index (χ0) is 16.2. The second-order valence-corrected chi connectivity index (χ2v) is 6.43. The summed E-state index contributed by atoms with van der Waals surface area (Å²) in [5.41, 5.74) is 0. The Bertz CT molecular complexity index is 448. The van der Waals surface area contributed by atoms with Crippen molar-refractivity contribution in [1.29, 1.82) is 0 Å². The van der Waals surface area contributed by atoms with Gasteiger partial charge >= 0.3 is 0 Å². The zero-order valence-corrected chi connectivity index (χ0v) is 15.1. The Labute approximate surface area is 151 Å². The van der Waals surface area contributed by atoms with Crippen LogP contribution < -0.4 is 9.47 Å². The molecular weight excluding hydrogens is 366 g/mol. The number of para-hydroxylation sites is 2. The number of halogens is 4. The Kier molecular flexibility index (Phi) is 10.6. The van der Waals surface area contributed by atoms with Gasteiger partial charge < -0.3 is 9.47 Å². The molecule has 0 bridgehead atoms. The van der Waals surface area contributed by atoms with Crippen LogP contribution in [0.3, 0.4) is 0 Å². The maximum absolute atomic E-state index is 5.72. The van der Waals surface area contributed by atoms with Crippen LogP contribution in [-0.4, -0.2) is 13.2 Å². The van der Waals surface area contributed by atoms with E-state index in [9.17, 15) is 0 Å². The molecular formula is C16H18Cl4O2. The molecule has 6 heteroatoms. The van der Waals surface area contributed by atoms with Crippen molar-refractivity contribution < 1.29 is 9.47 Å². The Morgan fingerprint density at radius 1 is 0.773 bits per heavy atom. The van der Waals surface area contributed by atoms with Gasteiger partial charge in [0.15, 0.2) is 11.5 Å². The summed E-state index contributed by atoms with van der Waals surface area (Å²) in [5, 5.41) is 0. The van der Waals surface area contributed by atoms with Gasteiger partial charge in [-0.05, 0) is 37.8 Å². The van der Waals surface area contributed by atoms with E-state index in [-0.39, 0.29) is 8.98 Å². The molecule has 0 fully saturated rings. The molecule has 0 aromatic heterocycles. The third-order valence-corrected chi connectivity index (χ3v) is 3.28. The number of ether oxygens (including phenoxy) is 2. The van der Waals surface area contributed by atoms with E-state index in [1.54, 1.807) is 12.2 Å². The maximum atomic E-state index is 5.72. The van der Waals surface area contributed by atoms with Gasteiger partial charge in [-0.1, -0.05) is 70.7 Å². The van der Waals surface area contributed by atoms with Gasteiger partial charge in [0.2, 0.25) is 0 Å². The van der Waals surface area contributed by atoms with Crippen LogP contribution in [0.1, 0.15) is 25.7 Å². The normalized spacial score (nSPS) is 10.0. The first kappa shape index (κ1) is 19.5. The van der Waals surface area contributed by atoms with Gasteiger partial charge in [0, 0.05) is 0 Å². The molecule has 0 N–H and O–H groups in total. The first-order valence-electron chi connectivity index (χ1n) is 6.96. The summed E-state index contributed by atoms with van der Waals surface area (Å²) in [6.07, 6.45) is 6.72. The predicted octanol–water partition coefficient (Wildman–Crippen LogP) is 6.64. The first-order chi connectivity index (χ1) is 10.6. The summed E-state index contributed by atoms with van der Waals surface area (Å²) in [4.78, 5) is 0. The number of hydrogen-bond acceptors (Lipinski definition) is 2. The standard InChI is InChI=1S/C16H18Cl4O2/c17-15(18)9-3-5-11-21-13-7-1-2-8-14(13)22-12-6-4-10-16(19)20/h1-2,7-10H,3-6,11-12H2. The van der Waals surface area contributed by atoms with Crippen molar-refractivity contribution in [3.05, 3.63) is 45.4 Å². The molecule has 22 heavy (non-hydrogen) atoms. The third kappa shape index (κ3) is 9.47. The van der Waals surface area contributed by atoms with Crippen LogP contribution >= 0.6 is 46.4 Å². The molecule has 0 radical (unpaired) electrons. The highest BCUT2D eigenvalue weighted by Crippen LogP contribution is 2.27. The largest absolute Gasteiger partial charge is 0.490 e. The average Bonchev–Trinajstić information content (AvgIpc) is 2.47. The molecule has 0 aliphatic rings. The van der Waals surface area contributed by atoms with Crippen LogP contribution in [0.4, 0.5) is 0 Å². The highest BCUT2D eigenvalue weighted by Gasteiger charge is 2.03. The fraction of sp³-hybridized carbons (Fsp3) is 0.375. The van der Waals surface area contributed by atoms with Crippen LogP contribution in [0.5, 0.6) is 11.5 Å². The van der Waals surface area contributed by atoms with Crippen molar-refractivity contribution in [2.45, 2.75) is 25.7 Å². The number of benzene rings is 1. The van der Waals surface area contributed by atoms with Gasteiger partial charge in [-0.15, -0.1) is 0 Å². The molecule has 0 unspecified atom stereocenters. The van der Waals surface area contributed by atoms with Crippen LogP contribution in [0.15, 0.2) is 45.4 Å². The second kappa shape index (κ2) is 12.0. The molecule has 1 aromatic carbocycles. The van der Waals surface area contributed by atoms with Crippen molar-refractivity contribution in [3.8, 4) is 11.5 Å². The van der Waals surface area contributed by atoms with Crippen LogP contribution in [0, 0.1) is 0 Å². The van der Waals surface area contributed by atoms with Gasteiger partial charge in [-0.25, -0.2) is 0 Å². The van der Waals surface area contributed by atoms with E-state index in [1.807, 2.05) is 24.3 Å². The van der Waals surface area contributed by atoms with Crippen LogP contribution in [0.2, 0.25) is 0 Å². The Morgan fingerprint density at radius 2 is 1.18 bits per heavy atom. The number of unbranched alkanes of at least 4 members (excludes halogenated alkanes) is 2. The van der Waals surface area contributed by atoms with E-state index in [0.29, 0.717) is 13.2 Å². The monoisotopic (exact) mass is 382 g/mol. The number of allylic oxidation sites excluding steroid dienone is 2. The molecule has 0 aliphatic heterocycles. The van der Waals surface area contributed by atoms with E-state index in [1.165, 1.54) is 0 Å². The van der Waals surface area contributed by atoms with Crippen molar-refractivity contribution in [2.24, 2.45) is 0 Å². The Morgan fingerprint density at radius 3 is 1.55 bits per heavy atom. The van der Waals surface area contributed by atoms with Gasteiger partial charge in [-0.2, -0.15) is 0 Å². The molecule has 0 spiro atoms. The van der Waals surface area contributed by atoms with E-state index >= 15 is 0 Å². The van der Waals surface area contributed by atoms with Crippen molar-refractivity contribution in [1.82, 2.24) is 0 Å². The molecule has 0 aliphatic carbocycles. The summed E-state index contributed by atoms with van der Waals surface area (Å²) in [6.45, 7) is 1.14. The Hall–Kier alpha value is -0.540. The summed E-state index contributed by atoms with van der Waals surface area (Å²) in [6, 6.07) is 7.59. The lowest BCUT2D eigenvalue weighted by molar-refractivity contribution is 0.264. The molecule has 2 nitrogen and oxygen atoms in total. The minimum atomic E-state index is 0.287. The third-order valence-electron chi connectivity index (χ3n) is 2.66.